The molecule has 1 amide bonds. The van der Waals surface area contributed by atoms with Gasteiger partial charge in [0.15, 0.2) is 0 Å². The number of rotatable bonds is 3. The zero-order valence-corrected chi connectivity index (χ0v) is 13.9. The minimum absolute atomic E-state index is 0.141. The maximum atomic E-state index is 12.5. The lowest BCUT2D eigenvalue weighted by atomic mass is 9.81. The van der Waals surface area contributed by atoms with E-state index in [4.69, 9.17) is 0 Å². The van der Waals surface area contributed by atoms with Crippen LogP contribution >= 0.6 is 11.3 Å². The standard InChI is InChI=1S/C17H26N2OS/c1-12-3-4-13-14(10-21-15(13)9-12)16(20)19-11-17(2)5-7-18-8-6-17/h10,12,18H,3-9,11H2,1-2H3,(H,19,20). The Labute approximate surface area is 131 Å². The number of fused-ring (bicyclic) bond motifs is 1. The highest BCUT2D eigenvalue weighted by Gasteiger charge is 2.28. The predicted molar refractivity (Wildman–Crippen MR) is 88.1 cm³/mol. The summed E-state index contributed by atoms with van der Waals surface area (Å²) in [6, 6.07) is 0. The van der Waals surface area contributed by atoms with Crippen molar-refractivity contribution in [3.63, 3.8) is 0 Å². The summed E-state index contributed by atoms with van der Waals surface area (Å²) in [6.45, 7) is 7.53. The molecule has 3 nitrogen and oxygen atoms in total. The van der Waals surface area contributed by atoms with Crippen LogP contribution in [-0.4, -0.2) is 25.5 Å². The molecule has 1 aromatic heterocycles. The summed E-state index contributed by atoms with van der Waals surface area (Å²) in [5, 5.41) is 8.66. The van der Waals surface area contributed by atoms with E-state index in [9.17, 15) is 4.79 Å². The van der Waals surface area contributed by atoms with Crippen molar-refractivity contribution in [1.82, 2.24) is 10.6 Å². The topological polar surface area (TPSA) is 41.1 Å². The Hall–Kier alpha value is -0.870. The van der Waals surface area contributed by atoms with Crippen LogP contribution < -0.4 is 10.6 Å². The first-order valence-corrected chi connectivity index (χ1v) is 9.03. The van der Waals surface area contributed by atoms with Gasteiger partial charge in [-0.25, -0.2) is 0 Å². The van der Waals surface area contributed by atoms with Gasteiger partial charge in [-0.2, -0.15) is 0 Å². The SMILES string of the molecule is CC1CCc2c(C(=O)NCC3(C)CCNCC3)csc2C1. The second-order valence-electron chi connectivity index (χ2n) is 7.14. The molecular formula is C17H26N2OS. The lowest BCUT2D eigenvalue weighted by molar-refractivity contribution is 0.0921. The highest BCUT2D eigenvalue weighted by atomic mass is 32.1. The van der Waals surface area contributed by atoms with E-state index in [0.29, 0.717) is 0 Å². The number of piperidine rings is 1. The Morgan fingerprint density at radius 2 is 2.24 bits per heavy atom. The first-order valence-electron chi connectivity index (χ1n) is 8.15. The number of hydrogen-bond donors (Lipinski definition) is 2. The van der Waals surface area contributed by atoms with Crippen molar-refractivity contribution in [2.45, 2.75) is 46.0 Å². The third-order valence-corrected chi connectivity index (χ3v) is 6.18. The summed E-state index contributed by atoms with van der Waals surface area (Å²) in [5.74, 6) is 0.905. The van der Waals surface area contributed by atoms with Crippen LogP contribution in [0.25, 0.3) is 0 Å². The fourth-order valence-electron chi connectivity index (χ4n) is 3.46. The van der Waals surface area contributed by atoms with E-state index in [-0.39, 0.29) is 11.3 Å². The summed E-state index contributed by atoms with van der Waals surface area (Å²) in [5.41, 5.74) is 2.52. The van der Waals surface area contributed by atoms with Crippen LogP contribution in [0.4, 0.5) is 0 Å². The Bertz CT molecular complexity index is 517. The highest BCUT2D eigenvalue weighted by Crippen LogP contribution is 2.33. The second kappa shape index (κ2) is 6.09. The number of hydrogen-bond acceptors (Lipinski definition) is 3. The van der Waals surface area contributed by atoms with Gasteiger partial charge in [0.25, 0.3) is 5.91 Å². The van der Waals surface area contributed by atoms with Crippen molar-refractivity contribution in [2.24, 2.45) is 11.3 Å². The Morgan fingerprint density at radius 3 is 3.00 bits per heavy atom. The first kappa shape index (κ1) is 15.0. The van der Waals surface area contributed by atoms with Crippen LogP contribution in [0.15, 0.2) is 5.38 Å². The molecule has 0 bridgehead atoms. The van der Waals surface area contributed by atoms with Gasteiger partial charge < -0.3 is 10.6 Å². The van der Waals surface area contributed by atoms with Crippen molar-refractivity contribution < 1.29 is 4.79 Å². The van der Waals surface area contributed by atoms with Gasteiger partial charge in [-0.05, 0) is 62.1 Å². The van der Waals surface area contributed by atoms with Crippen LogP contribution in [0.2, 0.25) is 0 Å². The maximum absolute atomic E-state index is 12.5. The number of amides is 1. The summed E-state index contributed by atoms with van der Waals surface area (Å²) >= 11 is 1.77. The molecule has 2 aliphatic rings. The normalized spacial score (nSPS) is 24.4. The molecule has 1 aliphatic carbocycles. The van der Waals surface area contributed by atoms with Crippen molar-refractivity contribution >= 4 is 17.2 Å². The monoisotopic (exact) mass is 306 g/mol. The van der Waals surface area contributed by atoms with Gasteiger partial charge in [0.2, 0.25) is 0 Å². The van der Waals surface area contributed by atoms with Crippen LogP contribution in [0, 0.1) is 11.3 Å². The summed E-state index contributed by atoms with van der Waals surface area (Å²) in [7, 11) is 0. The van der Waals surface area contributed by atoms with E-state index in [2.05, 4.69) is 29.9 Å². The van der Waals surface area contributed by atoms with Gasteiger partial charge in [0.05, 0.1) is 5.56 Å². The molecule has 1 atom stereocenters. The van der Waals surface area contributed by atoms with E-state index >= 15 is 0 Å². The zero-order chi connectivity index (χ0) is 14.9. The molecule has 2 N–H and O–H groups in total. The molecule has 0 saturated carbocycles. The molecule has 2 heterocycles. The fraction of sp³-hybridized carbons (Fsp3) is 0.706. The molecule has 1 saturated heterocycles. The minimum atomic E-state index is 0.141. The zero-order valence-electron chi connectivity index (χ0n) is 13.1. The van der Waals surface area contributed by atoms with Crippen LogP contribution in [0.5, 0.6) is 0 Å². The van der Waals surface area contributed by atoms with E-state index < -0.39 is 0 Å². The average molecular weight is 306 g/mol. The molecule has 1 fully saturated rings. The predicted octanol–water partition coefficient (Wildman–Crippen LogP) is 2.99. The van der Waals surface area contributed by atoms with Crippen molar-refractivity contribution in [1.29, 1.82) is 0 Å². The third-order valence-electron chi connectivity index (χ3n) is 5.13. The number of carbonyl (C=O) groups is 1. The summed E-state index contributed by atoms with van der Waals surface area (Å²) in [6.07, 6.45) is 5.73. The minimum Gasteiger partial charge on any atom is -0.351 e. The van der Waals surface area contributed by atoms with Gasteiger partial charge in [-0.3, -0.25) is 4.79 Å². The lowest BCUT2D eigenvalue weighted by Gasteiger charge is -2.34. The molecule has 0 aromatic carbocycles. The molecule has 0 radical (unpaired) electrons. The Morgan fingerprint density at radius 1 is 1.48 bits per heavy atom. The number of nitrogens with one attached hydrogen (secondary N) is 2. The Balaban J connectivity index is 1.63. The average Bonchev–Trinajstić information content (AvgIpc) is 2.88. The number of carbonyl (C=O) groups excluding carboxylic acids is 1. The molecule has 116 valence electrons. The van der Waals surface area contributed by atoms with Gasteiger partial charge in [-0.1, -0.05) is 13.8 Å². The summed E-state index contributed by atoms with van der Waals surface area (Å²) < 4.78 is 0. The second-order valence-corrected chi connectivity index (χ2v) is 8.11. The first-order chi connectivity index (χ1) is 10.1. The van der Waals surface area contributed by atoms with Gasteiger partial charge in [0.1, 0.15) is 0 Å². The van der Waals surface area contributed by atoms with Crippen molar-refractivity contribution in [2.75, 3.05) is 19.6 Å². The molecule has 1 aromatic rings. The molecule has 1 unspecified atom stereocenters. The molecular weight excluding hydrogens is 280 g/mol. The fourth-order valence-corrected chi connectivity index (χ4v) is 4.71. The highest BCUT2D eigenvalue weighted by molar-refractivity contribution is 7.10. The molecule has 4 heteroatoms. The maximum Gasteiger partial charge on any atom is 0.252 e. The van der Waals surface area contributed by atoms with Crippen LogP contribution in [0.3, 0.4) is 0 Å². The van der Waals surface area contributed by atoms with Gasteiger partial charge in [-0.15, -0.1) is 11.3 Å². The van der Waals surface area contributed by atoms with Crippen molar-refractivity contribution in [3.8, 4) is 0 Å². The largest absolute Gasteiger partial charge is 0.351 e. The third kappa shape index (κ3) is 3.32. The molecule has 1 aliphatic heterocycles. The van der Waals surface area contributed by atoms with Gasteiger partial charge in [0, 0.05) is 16.8 Å². The molecule has 21 heavy (non-hydrogen) atoms. The smallest absolute Gasteiger partial charge is 0.252 e. The van der Waals surface area contributed by atoms with E-state index in [1.165, 1.54) is 16.9 Å². The lowest BCUT2D eigenvalue weighted by Crippen LogP contribution is -2.43. The van der Waals surface area contributed by atoms with Crippen LogP contribution in [0.1, 0.15) is 53.9 Å². The van der Waals surface area contributed by atoms with Crippen molar-refractivity contribution in [3.05, 3.63) is 21.4 Å². The molecule has 3 rings (SSSR count). The summed E-state index contributed by atoms with van der Waals surface area (Å²) in [4.78, 5) is 14.0. The Kier molecular flexibility index (Phi) is 4.36. The number of thiophene rings is 1. The van der Waals surface area contributed by atoms with Gasteiger partial charge >= 0.3 is 0 Å². The molecule has 0 spiro atoms. The quantitative estimate of drug-likeness (QED) is 0.901. The van der Waals surface area contributed by atoms with E-state index in [0.717, 1.165) is 56.8 Å². The van der Waals surface area contributed by atoms with E-state index in [1.807, 2.05) is 0 Å². The van der Waals surface area contributed by atoms with Crippen LogP contribution in [-0.2, 0) is 12.8 Å². The van der Waals surface area contributed by atoms with E-state index in [1.54, 1.807) is 11.3 Å².